The van der Waals surface area contributed by atoms with Gasteiger partial charge in [0.25, 0.3) is 0 Å². The van der Waals surface area contributed by atoms with Crippen molar-refractivity contribution in [3.63, 3.8) is 0 Å². The van der Waals surface area contributed by atoms with Gasteiger partial charge in [-0.3, -0.25) is 10.1 Å². The minimum absolute atomic E-state index is 0.0666. The standard InChI is InChI=1S/C23H25N5O2/c1-17-10-8-9-15-27(17)23-21(28(29)30)22(24-16-25-23)26-20(18-11-4-2-5-12-18)19-13-6-3-7-14-19/h2-7,11-14,16-17,20H,8-10,15H2,1H3,(H,24,25,26). The molecular formula is C23H25N5O2. The predicted molar refractivity (Wildman–Crippen MR) is 118 cm³/mol. The molecule has 1 unspecified atom stereocenters. The van der Waals surface area contributed by atoms with Crippen LogP contribution in [0.15, 0.2) is 67.0 Å². The van der Waals surface area contributed by atoms with Gasteiger partial charge in [0.1, 0.15) is 6.33 Å². The molecular weight excluding hydrogens is 378 g/mol. The van der Waals surface area contributed by atoms with Crippen molar-refractivity contribution in [1.29, 1.82) is 0 Å². The Balaban J connectivity index is 1.77. The zero-order valence-electron chi connectivity index (χ0n) is 16.9. The summed E-state index contributed by atoms with van der Waals surface area (Å²) >= 11 is 0. The van der Waals surface area contributed by atoms with Crippen molar-refractivity contribution >= 4 is 17.3 Å². The Hall–Kier alpha value is -3.48. The van der Waals surface area contributed by atoms with Gasteiger partial charge >= 0.3 is 5.69 Å². The highest BCUT2D eigenvalue weighted by Gasteiger charge is 2.32. The lowest BCUT2D eigenvalue weighted by molar-refractivity contribution is -0.383. The second-order valence-corrected chi connectivity index (χ2v) is 7.59. The highest BCUT2D eigenvalue weighted by molar-refractivity contribution is 5.71. The number of anilines is 2. The molecule has 7 nitrogen and oxygen atoms in total. The van der Waals surface area contributed by atoms with E-state index in [9.17, 15) is 10.1 Å². The van der Waals surface area contributed by atoms with Crippen LogP contribution in [0.3, 0.4) is 0 Å². The maximum Gasteiger partial charge on any atom is 0.353 e. The maximum atomic E-state index is 12.1. The van der Waals surface area contributed by atoms with E-state index >= 15 is 0 Å². The normalized spacial score (nSPS) is 16.5. The Kier molecular flexibility index (Phi) is 5.88. The number of nitrogens with zero attached hydrogens (tertiary/aromatic N) is 4. The van der Waals surface area contributed by atoms with E-state index in [2.05, 4.69) is 22.2 Å². The van der Waals surface area contributed by atoms with Crippen molar-refractivity contribution in [3.05, 3.63) is 88.2 Å². The van der Waals surface area contributed by atoms with Gasteiger partial charge in [-0.1, -0.05) is 60.7 Å². The lowest BCUT2D eigenvalue weighted by Gasteiger charge is -2.34. The molecule has 1 aliphatic rings. The van der Waals surface area contributed by atoms with Gasteiger partial charge in [0.05, 0.1) is 11.0 Å². The number of aromatic nitrogens is 2. The third kappa shape index (κ3) is 4.10. The van der Waals surface area contributed by atoms with Crippen LogP contribution in [-0.2, 0) is 0 Å². The highest BCUT2D eigenvalue weighted by Crippen LogP contribution is 2.37. The smallest absolute Gasteiger partial charge is 0.353 e. The molecule has 7 heteroatoms. The molecule has 154 valence electrons. The molecule has 3 aromatic rings. The van der Waals surface area contributed by atoms with E-state index in [1.807, 2.05) is 65.6 Å². The van der Waals surface area contributed by atoms with Crippen molar-refractivity contribution in [2.75, 3.05) is 16.8 Å². The Morgan fingerprint density at radius 3 is 2.23 bits per heavy atom. The Morgan fingerprint density at radius 2 is 1.67 bits per heavy atom. The molecule has 1 saturated heterocycles. The van der Waals surface area contributed by atoms with Crippen LogP contribution in [0.25, 0.3) is 0 Å². The molecule has 1 fully saturated rings. The molecule has 0 spiro atoms. The number of benzene rings is 2. The summed E-state index contributed by atoms with van der Waals surface area (Å²) in [5.74, 6) is 0.630. The first-order valence-electron chi connectivity index (χ1n) is 10.3. The number of nitro groups is 1. The number of hydrogen-bond acceptors (Lipinski definition) is 6. The van der Waals surface area contributed by atoms with Crippen molar-refractivity contribution in [1.82, 2.24) is 9.97 Å². The molecule has 0 radical (unpaired) electrons. The average Bonchev–Trinajstić information content (AvgIpc) is 2.78. The summed E-state index contributed by atoms with van der Waals surface area (Å²) in [6.45, 7) is 2.86. The Labute approximate surface area is 175 Å². The Bertz CT molecular complexity index is 957. The number of hydrogen-bond donors (Lipinski definition) is 1. The largest absolute Gasteiger partial charge is 0.353 e. The van der Waals surface area contributed by atoms with Crippen LogP contribution >= 0.6 is 0 Å². The van der Waals surface area contributed by atoms with Gasteiger partial charge in [0, 0.05) is 12.6 Å². The zero-order valence-corrected chi connectivity index (χ0v) is 16.9. The molecule has 1 N–H and O–H groups in total. The van der Waals surface area contributed by atoms with Gasteiger partial charge in [-0.25, -0.2) is 9.97 Å². The van der Waals surface area contributed by atoms with E-state index in [4.69, 9.17) is 0 Å². The van der Waals surface area contributed by atoms with E-state index < -0.39 is 0 Å². The predicted octanol–water partition coefficient (Wildman–Crippen LogP) is 4.97. The fourth-order valence-electron chi connectivity index (χ4n) is 4.05. The van der Waals surface area contributed by atoms with Crippen molar-refractivity contribution < 1.29 is 4.92 Å². The average molecular weight is 403 g/mol. The summed E-state index contributed by atoms with van der Waals surface area (Å²) in [6, 6.07) is 19.7. The van der Waals surface area contributed by atoms with E-state index in [1.165, 1.54) is 6.33 Å². The third-order valence-electron chi connectivity index (χ3n) is 5.61. The summed E-state index contributed by atoms with van der Waals surface area (Å²) < 4.78 is 0. The van der Waals surface area contributed by atoms with E-state index in [-0.39, 0.29) is 28.5 Å². The quantitative estimate of drug-likeness (QED) is 0.462. The van der Waals surface area contributed by atoms with Gasteiger partial charge in [-0.05, 0) is 37.3 Å². The van der Waals surface area contributed by atoms with Crippen LogP contribution in [0.4, 0.5) is 17.3 Å². The summed E-state index contributed by atoms with van der Waals surface area (Å²) in [4.78, 5) is 22.4. The fourth-order valence-corrected chi connectivity index (χ4v) is 4.05. The lowest BCUT2D eigenvalue weighted by Crippen LogP contribution is -2.38. The van der Waals surface area contributed by atoms with Crippen LogP contribution in [-0.4, -0.2) is 27.5 Å². The van der Waals surface area contributed by atoms with E-state index in [0.29, 0.717) is 5.82 Å². The molecule has 2 heterocycles. The second-order valence-electron chi connectivity index (χ2n) is 7.59. The second kappa shape index (κ2) is 8.90. The summed E-state index contributed by atoms with van der Waals surface area (Å²) in [5.41, 5.74) is 1.94. The summed E-state index contributed by atoms with van der Waals surface area (Å²) in [7, 11) is 0. The van der Waals surface area contributed by atoms with Gasteiger partial charge in [-0.15, -0.1) is 0 Å². The molecule has 4 rings (SSSR count). The highest BCUT2D eigenvalue weighted by atomic mass is 16.6. The van der Waals surface area contributed by atoms with Crippen LogP contribution < -0.4 is 10.2 Å². The van der Waals surface area contributed by atoms with E-state index in [0.717, 1.165) is 36.9 Å². The van der Waals surface area contributed by atoms with Gasteiger partial charge in [-0.2, -0.15) is 0 Å². The molecule has 2 aromatic carbocycles. The molecule has 1 aliphatic heterocycles. The molecule has 1 atom stereocenters. The fraction of sp³-hybridized carbons (Fsp3) is 0.304. The molecule has 1 aromatic heterocycles. The molecule has 0 amide bonds. The zero-order chi connectivity index (χ0) is 20.9. The van der Waals surface area contributed by atoms with Gasteiger partial charge < -0.3 is 10.2 Å². The van der Waals surface area contributed by atoms with Crippen molar-refractivity contribution in [3.8, 4) is 0 Å². The first-order chi connectivity index (χ1) is 14.6. The minimum Gasteiger partial charge on any atom is -0.353 e. The van der Waals surface area contributed by atoms with Gasteiger partial charge in [0.2, 0.25) is 11.6 Å². The summed E-state index contributed by atoms with van der Waals surface area (Å²) in [5, 5.41) is 15.4. The first kappa shape index (κ1) is 19.8. The molecule has 0 bridgehead atoms. The minimum atomic E-state index is -0.369. The number of nitrogens with one attached hydrogen (secondary N) is 1. The van der Waals surface area contributed by atoms with Crippen molar-refractivity contribution in [2.45, 2.75) is 38.3 Å². The number of rotatable bonds is 6. The molecule has 0 aliphatic carbocycles. The first-order valence-corrected chi connectivity index (χ1v) is 10.3. The van der Waals surface area contributed by atoms with Gasteiger partial charge in [0.15, 0.2) is 0 Å². The monoisotopic (exact) mass is 403 g/mol. The van der Waals surface area contributed by atoms with Crippen LogP contribution in [0.2, 0.25) is 0 Å². The molecule has 0 saturated carbocycles. The maximum absolute atomic E-state index is 12.1. The molecule has 30 heavy (non-hydrogen) atoms. The SMILES string of the molecule is CC1CCCCN1c1ncnc(NC(c2ccccc2)c2ccccc2)c1[N+](=O)[O-]. The van der Waals surface area contributed by atoms with Crippen LogP contribution in [0, 0.1) is 10.1 Å². The lowest BCUT2D eigenvalue weighted by atomic mass is 9.98. The van der Waals surface area contributed by atoms with Crippen LogP contribution in [0.1, 0.15) is 43.4 Å². The van der Waals surface area contributed by atoms with Crippen LogP contribution in [0.5, 0.6) is 0 Å². The number of piperidine rings is 1. The Morgan fingerprint density at radius 1 is 1.03 bits per heavy atom. The third-order valence-corrected chi connectivity index (χ3v) is 5.61. The van der Waals surface area contributed by atoms with E-state index in [1.54, 1.807) is 0 Å². The van der Waals surface area contributed by atoms with Crippen molar-refractivity contribution in [2.24, 2.45) is 0 Å². The summed E-state index contributed by atoms with van der Waals surface area (Å²) in [6.07, 6.45) is 4.55. The topological polar surface area (TPSA) is 84.2 Å².